The SMILES string of the molecule is COC(=O)c1cccc(-c2nc3cc(C)c(C)cc3[nH]2)c1. The Hall–Kier alpha value is -2.62. The molecule has 0 bridgehead atoms. The van der Waals surface area contributed by atoms with Crippen LogP contribution in [0.3, 0.4) is 0 Å². The minimum absolute atomic E-state index is 0.348. The number of aromatic nitrogens is 2. The minimum atomic E-state index is -0.348. The highest BCUT2D eigenvalue weighted by Crippen LogP contribution is 2.23. The van der Waals surface area contributed by atoms with Crippen LogP contribution in [0.5, 0.6) is 0 Å². The molecule has 21 heavy (non-hydrogen) atoms. The number of rotatable bonds is 2. The van der Waals surface area contributed by atoms with Gasteiger partial charge in [-0.1, -0.05) is 12.1 Å². The fraction of sp³-hybridized carbons (Fsp3) is 0.176. The van der Waals surface area contributed by atoms with Crippen molar-refractivity contribution in [2.24, 2.45) is 0 Å². The fourth-order valence-electron chi connectivity index (χ4n) is 2.32. The number of imidazole rings is 1. The first-order valence-electron chi connectivity index (χ1n) is 6.74. The Kier molecular flexibility index (Phi) is 3.22. The number of benzene rings is 2. The van der Waals surface area contributed by atoms with Crippen LogP contribution in [0.15, 0.2) is 36.4 Å². The van der Waals surface area contributed by atoms with E-state index in [0.29, 0.717) is 5.56 Å². The molecule has 0 aliphatic carbocycles. The highest BCUT2D eigenvalue weighted by atomic mass is 16.5. The largest absolute Gasteiger partial charge is 0.465 e. The molecular weight excluding hydrogens is 264 g/mol. The van der Waals surface area contributed by atoms with Gasteiger partial charge in [-0.05, 0) is 49.2 Å². The number of ether oxygens (including phenoxy) is 1. The number of hydrogen-bond acceptors (Lipinski definition) is 3. The first kappa shape index (κ1) is 13.4. The molecule has 0 aliphatic rings. The van der Waals surface area contributed by atoms with Gasteiger partial charge in [0.1, 0.15) is 5.82 Å². The Morgan fingerprint density at radius 3 is 2.67 bits per heavy atom. The second-order valence-electron chi connectivity index (χ2n) is 5.11. The quantitative estimate of drug-likeness (QED) is 0.729. The van der Waals surface area contributed by atoms with Gasteiger partial charge in [-0.3, -0.25) is 0 Å². The average molecular weight is 280 g/mol. The van der Waals surface area contributed by atoms with E-state index in [1.165, 1.54) is 18.2 Å². The summed E-state index contributed by atoms with van der Waals surface area (Å²) in [5.41, 5.74) is 5.74. The lowest BCUT2D eigenvalue weighted by atomic mass is 10.1. The van der Waals surface area contributed by atoms with Crippen LogP contribution in [0.1, 0.15) is 21.5 Å². The Bertz CT molecular complexity index is 795. The van der Waals surface area contributed by atoms with E-state index in [1.807, 2.05) is 12.1 Å². The summed E-state index contributed by atoms with van der Waals surface area (Å²) in [7, 11) is 1.38. The maximum absolute atomic E-state index is 11.6. The molecule has 0 saturated heterocycles. The summed E-state index contributed by atoms with van der Waals surface area (Å²) in [6.45, 7) is 4.15. The van der Waals surface area contributed by atoms with Crippen LogP contribution in [-0.2, 0) is 4.74 Å². The summed E-state index contributed by atoms with van der Waals surface area (Å²) in [5.74, 6) is 0.403. The zero-order chi connectivity index (χ0) is 15.0. The van der Waals surface area contributed by atoms with Gasteiger partial charge in [0.15, 0.2) is 0 Å². The van der Waals surface area contributed by atoms with E-state index >= 15 is 0 Å². The van der Waals surface area contributed by atoms with Gasteiger partial charge in [0.05, 0.1) is 23.7 Å². The molecule has 3 rings (SSSR count). The molecule has 0 saturated carbocycles. The van der Waals surface area contributed by atoms with E-state index in [4.69, 9.17) is 4.74 Å². The molecule has 0 amide bonds. The van der Waals surface area contributed by atoms with Gasteiger partial charge >= 0.3 is 5.97 Å². The van der Waals surface area contributed by atoms with Gasteiger partial charge in [-0.25, -0.2) is 9.78 Å². The first-order valence-corrected chi connectivity index (χ1v) is 6.74. The molecule has 1 heterocycles. The third-order valence-electron chi connectivity index (χ3n) is 3.65. The van der Waals surface area contributed by atoms with E-state index < -0.39 is 0 Å². The van der Waals surface area contributed by atoms with Crippen molar-refractivity contribution >= 4 is 17.0 Å². The highest BCUT2D eigenvalue weighted by molar-refractivity contribution is 5.91. The second kappa shape index (κ2) is 5.05. The molecule has 4 nitrogen and oxygen atoms in total. The van der Waals surface area contributed by atoms with Gasteiger partial charge in [0.25, 0.3) is 0 Å². The van der Waals surface area contributed by atoms with Crippen molar-refractivity contribution in [3.05, 3.63) is 53.1 Å². The Balaban J connectivity index is 2.10. The summed E-state index contributed by atoms with van der Waals surface area (Å²) in [6.07, 6.45) is 0. The van der Waals surface area contributed by atoms with E-state index in [9.17, 15) is 4.79 Å². The molecule has 1 N–H and O–H groups in total. The number of aromatic amines is 1. The summed E-state index contributed by atoms with van der Waals surface area (Å²) < 4.78 is 4.75. The molecule has 0 unspecified atom stereocenters. The smallest absolute Gasteiger partial charge is 0.337 e. The Morgan fingerprint density at radius 1 is 1.14 bits per heavy atom. The number of nitrogens with zero attached hydrogens (tertiary/aromatic N) is 1. The maximum Gasteiger partial charge on any atom is 0.337 e. The maximum atomic E-state index is 11.6. The monoisotopic (exact) mass is 280 g/mol. The Labute approximate surface area is 122 Å². The lowest BCUT2D eigenvalue weighted by Crippen LogP contribution is -2.00. The number of H-pyrrole nitrogens is 1. The second-order valence-corrected chi connectivity index (χ2v) is 5.11. The zero-order valence-corrected chi connectivity index (χ0v) is 12.2. The van der Waals surface area contributed by atoms with Crippen LogP contribution in [0.4, 0.5) is 0 Å². The van der Waals surface area contributed by atoms with Gasteiger partial charge in [-0.2, -0.15) is 0 Å². The standard InChI is InChI=1S/C17H16N2O2/c1-10-7-14-15(8-11(10)2)19-16(18-14)12-5-4-6-13(9-12)17(20)21-3/h4-9H,1-3H3,(H,18,19). The third-order valence-corrected chi connectivity index (χ3v) is 3.65. The molecule has 3 aromatic rings. The number of hydrogen-bond donors (Lipinski definition) is 1. The average Bonchev–Trinajstić information content (AvgIpc) is 2.90. The van der Waals surface area contributed by atoms with Crippen LogP contribution < -0.4 is 0 Å². The number of carbonyl (C=O) groups excluding carboxylic acids is 1. The van der Waals surface area contributed by atoms with Gasteiger partial charge in [-0.15, -0.1) is 0 Å². The molecule has 0 aliphatic heterocycles. The predicted octanol–water partition coefficient (Wildman–Crippen LogP) is 3.63. The molecule has 0 radical (unpaired) electrons. The van der Waals surface area contributed by atoms with E-state index in [-0.39, 0.29) is 5.97 Å². The zero-order valence-electron chi connectivity index (χ0n) is 12.2. The first-order chi connectivity index (χ1) is 10.1. The number of nitrogens with one attached hydrogen (secondary N) is 1. The molecule has 1 aromatic heterocycles. The van der Waals surface area contributed by atoms with Gasteiger partial charge in [0.2, 0.25) is 0 Å². The fourth-order valence-corrected chi connectivity index (χ4v) is 2.32. The summed E-state index contributed by atoms with van der Waals surface area (Å²) in [6, 6.07) is 11.4. The number of carbonyl (C=O) groups is 1. The van der Waals surface area contributed by atoms with E-state index in [2.05, 4.69) is 35.9 Å². The van der Waals surface area contributed by atoms with Crippen LogP contribution in [0.2, 0.25) is 0 Å². The molecule has 106 valence electrons. The summed E-state index contributed by atoms with van der Waals surface area (Å²) in [4.78, 5) is 19.5. The number of aryl methyl sites for hydroxylation is 2. The van der Waals surface area contributed by atoms with Crippen molar-refractivity contribution in [1.29, 1.82) is 0 Å². The van der Waals surface area contributed by atoms with Gasteiger partial charge < -0.3 is 9.72 Å². The topological polar surface area (TPSA) is 55.0 Å². The Morgan fingerprint density at radius 2 is 1.90 bits per heavy atom. The van der Waals surface area contributed by atoms with Crippen molar-refractivity contribution < 1.29 is 9.53 Å². The van der Waals surface area contributed by atoms with Crippen molar-refractivity contribution in [2.75, 3.05) is 7.11 Å². The van der Waals surface area contributed by atoms with Crippen molar-refractivity contribution in [3.63, 3.8) is 0 Å². The number of fused-ring (bicyclic) bond motifs is 1. The molecule has 0 spiro atoms. The number of methoxy groups -OCH3 is 1. The summed E-state index contributed by atoms with van der Waals surface area (Å²) in [5, 5.41) is 0. The molecule has 0 fully saturated rings. The molecular formula is C17H16N2O2. The van der Waals surface area contributed by atoms with Crippen LogP contribution in [-0.4, -0.2) is 23.0 Å². The summed E-state index contributed by atoms with van der Waals surface area (Å²) >= 11 is 0. The van der Waals surface area contributed by atoms with Crippen molar-refractivity contribution in [3.8, 4) is 11.4 Å². The normalized spacial score (nSPS) is 10.8. The van der Waals surface area contributed by atoms with E-state index in [0.717, 1.165) is 22.4 Å². The van der Waals surface area contributed by atoms with Crippen molar-refractivity contribution in [1.82, 2.24) is 9.97 Å². The molecule has 0 atom stereocenters. The van der Waals surface area contributed by atoms with Crippen LogP contribution in [0.25, 0.3) is 22.4 Å². The highest BCUT2D eigenvalue weighted by Gasteiger charge is 2.10. The lowest BCUT2D eigenvalue weighted by molar-refractivity contribution is 0.0601. The lowest BCUT2D eigenvalue weighted by Gasteiger charge is -2.01. The third kappa shape index (κ3) is 2.40. The van der Waals surface area contributed by atoms with Gasteiger partial charge in [0, 0.05) is 5.56 Å². The molecule has 2 aromatic carbocycles. The van der Waals surface area contributed by atoms with Crippen LogP contribution >= 0.6 is 0 Å². The van der Waals surface area contributed by atoms with E-state index in [1.54, 1.807) is 12.1 Å². The minimum Gasteiger partial charge on any atom is -0.465 e. The molecule has 4 heteroatoms. The number of esters is 1. The van der Waals surface area contributed by atoms with Crippen molar-refractivity contribution in [2.45, 2.75) is 13.8 Å². The van der Waals surface area contributed by atoms with Crippen LogP contribution in [0, 0.1) is 13.8 Å². The predicted molar refractivity (Wildman–Crippen MR) is 82.3 cm³/mol.